The number of thiophene rings is 1. The minimum absolute atomic E-state index is 0.0948. The number of nitrogens with two attached hydrogens (primary N) is 1. The molecule has 0 fully saturated rings. The molecule has 2 N–H and O–H groups in total. The SMILES string of the molecule is CN1C(=O)C(c2ccc(C(F)F)cc2)C(C)(c2sccc2Cl)N=C1N. The van der Waals surface area contributed by atoms with E-state index in [0.29, 0.717) is 15.5 Å². The third kappa shape index (κ3) is 2.91. The van der Waals surface area contributed by atoms with Gasteiger partial charge in [-0.2, -0.15) is 0 Å². The third-order valence-electron chi connectivity index (χ3n) is 4.43. The van der Waals surface area contributed by atoms with Gasteiger partial charge in [0.25, 0.3) is 6.43 Å². The largest absolute Gasteiger partial charge is 0.369 e. The summed E-state index contributed by atoms with van der Waals surface area (Å²) in [4.78, 5) is 19.5. The Labute approximate surface area is 152 Å². The number of carbonyl (C=O) groups excluding carboxylic acids is 1. The van der Waals surface area contributed by atoms with Crippen molar-refractivity contribution in [2.75, 3.05) is 7.05 Å². The standard InChI is InChI=1S/C17H16ClF2N3OS/c1-17(13-11(18)7-8-25-13)12(15(24)23(2)16(21)22-17)9-3-5-10(6-4-9)14(19)20/h3-8,12,14H,1-2H3,(H2,21,22). The van der Waals surface area contributed by atoms with Crippen LogP contribution >= 0.6 is 22.9 Å². The van der Waals surface area contributed by atoms with Crippen LogP contribution in [-0.4, -0.2) is 23.8 Å². The molecule has 2 aromatic rings. The van der Waals surface area contributed by atoms with Crippen LogP contribution < -0.4 is 5.73 Å². The molecule has 0 saturated carbocycles. The number of amides is 1. The number of guanidine groups is 1. The second-order valence-corrected chi connectivity index (χ2v) is 7.34. The normalized spacial score (nSPS) is 23.9. The number of carbonyl (C=O) groups is 1. The minimum Gasteiger partial charge on any atom is -0.369 e. The molecule has 25 heavy (non-hydrogen) atoms. The topological polar surface area (TPSA) is 58.7 Å². The third-order valence-corrected chi connectivity index (χ3v) is 6.00. The Morgan fingerprint density at radius 2 is 1.96 bits per heavy atom. The highest BCUT2D eigenvalue weighted by Gasteiger charge is 2.48. The van der Waals surface area contributed by atoms with Gasteiger partial charge < -0.3 is 5.73 Å². The molecule has 1 aromatic heterocycles. The molecule has 2 unspecified atom stereocenters. The Morgan fingerprint density at radius 1 is 1.32 bits per heavy atom. The molecule has 0 aliphatic carbocycles. The predicted molar refractivity (Wildman–Crippen MR) is 95.2 cm³/mol. The van der Waals surface area contributed by atoms with Gasteiger partial charge in [-0.15, -0.1) is 11.3 Å². The predicted octanol–water partition coefficient (Wildman–Crippen LogP) is 4.12. The van der Waals surface area contributed by atoms with Crippen molar-refractivity contribution in [2.45, 2.75) is 24.8 Å². The number of halogens is 3. The lowest BCUT2D eigenvalue weighted by atomic mass is 9.77. The van der Waals surface area contributed by atoms with Crippen molar-refractivity contribution >= 4 is 34.8 Å². The fourth-order valence-corrected chi connectivity index (χ4v) is 4.45. The number of aliphatic imine (C=N–C) groups is 1. The highest BCUT2D eigenvalue weighted by Crippen LogP contribution is 2.48. The Hall–Kier alpha value is -1.99. The number of nitrogens with zero attached hydrogens (tertiary/aromatic N) is 2. The molecule has 1 amide bonds. The first-order valence-corrected chi connectivity index (χ1v) is 8.76. The van der Waals surface area contributed by atoms with E-state index in [1.807, 2.05) is 5.38 Å². The lowest BCUT2D eigenvalue weighted by Crippen LogP contribution is -2.52. The smallest absolute Gasteiger partial charge is 0.263 e. The summed E-state index contributed by atoms with van der Waals surface area (Å²) in [6.07, 6.45) is -2.56. The quantitative estimate of drug-likeness (QED) is 0.866. The van der Waals surface area contributed by atoms with Crippen LogP contribution in [0.5, 0.6) is 0 Å². The van der Waals surface area contributed by atoms with Crippen molar-refractivity contribution in [2.24, 2.45) is 10.7 Å². The first-order valence-electron chi connectivity index (χ1n) is 7.50. The zero-order valence-corrected chi connectivity index (χ0v) is 15.1. The first kappa shape index (κ1) is 17.8. The molecule has 0 spiro atoms. The van der Waals surface area contributed by atoms with Crippen LogP contribution in [0.25, 0.3) is 0 Å². The molecule has 0 bridgehead atoms. The Kier molecular flexibility index (Phi) is 4.55. The van der Waals surface area contributed by atoms with Crippen LogP contribution in [0, 0.1) is 0 Å². The van der Waals surface area contributed by atoms with Gasteiger partial charge in [0.05, 0.1) is 15.8 Å². The van der Waals surface area contributed by atoms with Crippen LogP contribution in [0.15, 0.2) is 40.7 Å². The summed E-state index contributed by atoms with van der Waals surface area (Å²) in [6.45, 7) is 1.79. The summed E-state index contributed by atoms with van der Waals surface area (Å²) < 4.78 is 25.7. The number of alkyl halides is 2. The van der Waals surface area contributed by atoms with Crippen LogP contribution in [0.1, 0.15) is 35.3 Å². The maximum atomic E-state index is 13.0. The summed E-state index contributed by atoms with van der Waals surface area (Å²) in [6, 6.07) is 7.46. The maximum absolute atomic E-state index is 13.0. The van der Waals surface area contributed by atoms with E-state index < -0.39 is 17.9 Å². The molecule has 2 heterocycles. The highest BCUT2D eigenvalue weighted by atomic mass is 35.5. The fraction of sp³-hybridized carbons (Fsp3) is 0.294. The van der Waals surface area contributed by atoms with Gasteiger partial charge in [-0.1, -0.05) is 35.9 Å². The van der Waals surface area contributed by atoms with E-state index in [4.69, 9.17) is 17.3 Å². The summed E-state index contributed by atoms with van der Waals surface area (Å²) in [7, 11) is 1.54. The van der Waals surface area contributed by atoms with Crippen LogP contribution in [-0.2, 0) is 10.3 Å². The Balaban J connectivity index is 2.16. The van der Waals surface area contributed by atoms with Gasteiger partial charge in [0.2, 0.25) is 5.91 Å². The summed E-state index contributed by atoms with van der Waals surface area (Å²) in [5.41, 5.74) is 5.40. The van der Waals surface area contributed by atoms with E-state index in [1.54, 1.807) is 13.0 Å². The summed E-state index contributed by atoms with van der Waals surface area (Å²) >= 11 is 7.67. The Morgan fingerprint density at radius 3 is 2.48 bits per heavy atom. The minimum atomic E-state index is -2.56. The molecular weight excluding hydrogens is 368 g/mol. The maximum Gasteiger partial charge on any atom is 0.263 e. The van der Waals surface area contributed by atoms with E-state index in [9.17, 15) is 13.6 Å². The van der Waals surface area contributed by atoms with E-state index in [1.165, 1.54) is 47.5 Å². The van der Waals surface area contributed by atoms with E-state index >= 15 is 0 Å². The van der Waals surface area contributed by atoms with Crippen molar-refractivity contribution < 1.29 is 13.6 Å². The van der Waals surface area contributed by atoms with Gasteiger partial charge in [-0.3, -0.25) is 9.69 Å². The van der Waals surface area contributed by atoms with Crippen LogP contribution in [0.2, 0.25) is 5.02 Å². The highest BCUT2D eigenvalue weighted by molar-refractivity contribution is 7.10. The Bertz CT molecular complexity index is 837. The molecule has 0 saturated heterocycles. The zero-order valence-electron chi connectivity index (χ0n) is 13.5. The number of likely N-dealkylation sites (N-methyl/N-ethyl adjacent to an activating group) is 1. The number of hydrogen-bond donors (Lipinski definition) is 1. The van der Waals surface area contributed by atoms with Gasteiger partial charge in [0.1, 0.15) is 5.54 Å². The van der Waals surface area contributed by atoms with Crippen molar-refractivity contribution in [1.29, 1.82) is 0 Å². The van der Waals surface area contributed by atoms with Gasteiger partial charge in [-0.05, 0) is 23.9 Å². The molecule has 3 rings (SSSR count). The molecule has 132 valence electrons. The van der Waals surface area contributed by atoms with Gasteiger partial charge >= 0.3 is 0 Å². The molecule has 1 aliphatic heterocycles. The van der Waals surface area contributed by atoms with Crippen molar-refractivity contribution in [1.82, 2.24) is 4.90 Å². The van der Waals surface area contributed by atoms with E-state index in [2.05, 4.69) is 4.99 Å². The average molecular weight is 384 g/mol. The monoisotopic (exact) mass is 383 g/mol. The van der Waals surface area contributed by atoms with E-state index in [0.717, 1.165) is 0 Å². The first-order chi connectivity index (χ1) is 11.8. The van der Waals surface area contributed by atoms with Gasteiger partial charge in [0.15, 0.2) is 5.96 Å². The molecular formula is C17H16ClF2N3OS. The summed E-state index contributed by atoms with van der Waals surface area (Å²) in [5, 5.41) is 2.31. The molecule has 8 heteroatoms. The lowest BCUT2D eigenvalue weighted by molar-refractivity contribution is -0.130. The second kappa shape index (κ2) is 6.38. The van der Waals surface area contributed by atoms with Crippen molar-refractivity contribution in [3.63, 3.8) is 0 Å². The van der Waals surface area contributed by atoms with E-state index in [-0.39, 0.29) is 17.4 Å². The second-order valence-electron chi connectivity index (χ2n) is 6.01. The number of hydrogen-bond acceptors (Lipinski definition) is 4. The van der Waals surface area contributed by atoms with Crippen LogP contribution in [0.4, 0.5) is 8.78 Å². The lowest BCUT2D eigenvalue weighted by Gasteiger charge is -2.40. The molecule has 2 atom stereocenters. The number of rotatable bonds is 3. The molecule has 0 radical (unpaired) electrons. The van der Waals surface area contributed by atoms with Gasteiger partial charge in [-0.25, -0.2) is 13.8 Å². The molecule has 1 aromatic carbocycles. The van der Waals surface area contributed by atoms with Crippen molar-refractivity contribution in [3.05, 3.63) is 56.7 Å². The summed E-state index contributed by atoms with van der Waals surface area (Å²) in [5.74, 6) is -0.880. The zero-order chi connectivity index (χ0) is 18.4. The molecule has 4 nitrogen and oxygen atoms in total. The number of benzene rings is 1. The molecule has 1 aliphatic rings. The van der Waals surface area contributed by atoms with Gasteiger partial charge in [0, 0.05) is 12.6 Å². The van der Waals surface area contributed by atoms with Crippen LogP contribution in [0.3, 0.4) is 0 Å². The van der Waals surface area contributed by atoms with Crippen molar-refractivity contribution in [3.8, 4) is 0 Å². The average Bonchev–Trinajstić information content (AvgIpc) is 3.00. The fourth-order valence-electron chi connectivity index (χ4n) is 3.06.